The molecule has 0 saturated heterocycles. The maximum atomic E-state index is 13.8. The molecule has 0 N–H and O–H groups in total. The summed E-state index contributed by atoms with van der Waals surface area (Å²) < 4.78 is 41.2. The van der Waals surface area contributed by atoms with Gasteiger partial charge in [-0.1, -0.05) is 24.3 Å². The summed E-state index contributed by atoms with van der Waals surface area (Å²) in [5.41, 5.74) is 0.688. The highest BCUT2D eigenvalue weighted by Gasteiger charge is 2.30. The number of fused-ring (bicyclic) bond motifs is 2. The van der Waals surface area contributed by atoms with Crippen molar-refractivity contribution in [3.63, 3.8) is 0 Å². The van der Waals surface area contributed by atoms with Crippen LogP contribution in [0, 0.1) is 5.82 Å². The number of ketones is 1. The van der Waals surface area contributed by atoms with E-state index < -0.39 is 20.7 Å². The number of rotatable bonds is 0. The summed E-state index contributed by atoms with van der Waals surface area (Å²) in [4.78, 5) is 11.5. The van der Waals surface area contributed by atoms with Crippen molar-refractivity contribution in [3.8, 4) is 0 Å². The van der Waals surface area contributed by atoms with Crippen LogP contribution in [0.1, 0.15) is 12.0 Å². The largest absolute Gasteiger partial charge is 0.294 e. The van der Waals surface area contributed by atoms with Gasteiger partial charge in [-0.2, -0.15) is 12.8 Å². The van der Waals surface area contributed by atoms with E-state index in [-0.39, 0.29) is 23.3 Å². The number of halogens is 1. The molecular weight excluding hydrogens is 269 g/mol. The average molecular weight is 277 g/mol. The van der Waals surface area contributed by atoms with Crippen molar-refractivity contribution in [3.05, 3.63) is 47.3 Å². The zero-order chi connectivity index (χ0) is 13.6. The molecule has 4 nitrogen and oxygen atoms in total. The number of hydrogen-bond acceptors (Lipinski definition) is 3. The lowest BCUT2D eigenvalue weighted by Gasteiger charge is -2.13. The average Bonchev–Trinajstić information content (AvgIpc) is 2.47. The molecule has 0 amide bonds. The lowest BCUT2D eigenvalue weighted by molar-refractivity contribution is -0.113. The Bertz CT molecular complexity index is 788. The molecule has 1 aromatic rings. The highest BCUT2D eigenvalue weighted by atomic mass is 32.2. The number of sulfonamides is 1. The van der Waals surface area contributed by atoms with Gasteiger partial charge in [0, 0.05) is 29.3 Å². The van der Waals surface area contributed by atoms with Gasteiger partial charge in [-0.15, -0.1) is 0 Å². The third-order valence-electron chi connectivity index (χ3n) is 2.99. The van der Waals surface area contributed by atoms with E-state index in [4.69, 9.17) is 0 Å². The molecule has 0 fully saturated rings. The summed E-state index contributed by atoms with van der Waals surface area (Å²) in [6, 6.07) is 3.85. The third-order valence-corrected chi connectivity index (χ3v) is 4.31. The van der Waals surface area contributed by atoms with E-state index in [0.29, 0.717) is 5.57 Å². The monoisotopic (exact) mass is 277 g/mol. The first-order chi connectivity index (χ1) is 9.00. The number of Topliss-reactive ketones (excluding diaryl/α,β-unsaturated/α-hetero) is 1. The van der Waals surface area contributed by atoms with Crippen molar-refractivity contribution < 1.29 is 17.6 Å². The van der Waals surface area contributed by atoms with E-state index in [1.165, 1.54) is 12.1 Å². The fraction of sp³-hybridized carbons (Fsp3) is 0.0769. The molecule has 2 aliphatic rings. The van der Waals surface area contributed by atoms with Crippen LogP contribution in [0.5, 0.6) is 0 Å². The smallest absolute Gasteiger partial charge is 0.285 e. The third kappa shape index (κ3) is 1.76. The molecule has 6 heteroatoms. The van der Waals surface area contributed by atoms with Crippen LogP contribution in [-0.2, 0) is 14.8 Å². The molecule has 0 bridgehead atoms. The standard InChI is InChI=1S/C13H8FNO3S/c14-10-5-2-4-9-12-8(3-1-6-11(12)16)7-15-19(17,18)13(9)10/h1-5,7H,6H2. The van der Waals surface area contributed by atoms with Gasteiger partial charge in [-0.3, -0.25) is 4.79 Å². The van der Waals surface area contributed by atoms with Crippen LogP contribution in [0.3, 0.4) is 0 Å². The van der Waals surface area contributed by atoms with Gasteiger partial charge in [0.2, 0.25) is 0 Å². The van der Waals surface area contributed by atoms with Gasteiger partial charge in [0.15, 0.2) is 5.78 Å². The van der Waals surface area contributed by atoms with Crippen LogP contribution in [0.15, 0.2) is 45.2 Å². The Kier molecular flexibility index (Phi) is 2.50. The van der Waals surface area contributed by atoms with Crippen molar-refractivity contribution in [2.75, 3.05) is 0 Å². The maximum Gasteiger partial charge on any atom is 0.285 e. The number of benzene rings is 1. The predicted octanol–water partition coefficient (Wildman–Crippen LogP) is 1.88. The second-order valence-electron chi connectivity index (χ2n) is 4.19. The van der Waals surface area contributed by atoms with Crippen molar-refractivity contribution in [1.82, 2.24) is 0 Å². The van der Waals surface area contributed by atoms with E-state index in [9.17, 15) is 17.6 Å². The van der Waals surface area contributed by atoms with Crippen molar-refractivity contribution in [2.45, 2.75) is 11.3 Å². The molecule has 1 aliphatic heterocycles. The van der Waals surface area contributed by atoms with Crippen LogP contribution in [0.2, 0.25) is 0 Å². The van der Waals surface area contributed by atoms with E-state index in [1.807, 2.05) is 0 Å². The zero-order valence-electron chi connectivity index (χ0n) is 9.63. The Balaban J connectivity index is 2.46. The minimum absolute atomic E-state index is 0.0850. The summed E-state index contributed by atoms with van der Waals surface area (Å²) in [6.07, 6.45) is 4.51. The summed E-state index contributed by atoms with van der Waals surface area (Å²) in [7, 11) is -4.12. The Morgan fingerprint density at radius 2 is 2.05 bits per heavy atom. The number of carbonyl (C=O) groups excluding carboxylic acids is 1. The minimum atomic E-state index is -4.12. The highest BCUT2D eigenvalue weighted by Crippen LogP contribution is 2.34. The van der Waals surface area contributed by atoms with Crippen molar-refractivity contribution in [1.29, 1.82) is 0 Å². The zero-order valence-corrected chi connectivity index (χ0v) is 10.4. The van der Waals surface area contributed by atoms with Crippen LogP contribution in [-0.4, -0.2) is 20.4 Å². The predicted molar refractivity (Wildman–Crippen MR) is 67.8 cm³/mol. The van der Waals surface area contributed by atoms with Crippen LogP contribution in [0.25, 0.3) is 5.57 Å². The van der Waals surface area contributed by atoms with Crippen molar-refractivity contribution in [2.24, 2.45) is 4.40 Å². The molecule has 96 valence electrons. The normalized spacial score (nSPS) is 19.9. The number of allylic oxidation sites excluding steroid dienone is 4. The molecule has 0 aromatic heterocycles. The van der Waals surface area contributed by atoms with Gasteiger partial charge in [0.05, 0.1) is 0 Å². The molecule has 0 atom stereocenters. The van der Waals surface area contributed by atoms with Gasteiger partial charge in [-0.05, 0) is 6.07 Å². The highest BCUT2D eigenvalue weighted by molar-refractivity contribution is 7.90. The molecule has 0 saturated carbocycles. The topological polar surface area (TPSA) is 63.6 Å². The first kappa shape index (κ1) is 12.0. The van der Waals surface area contributed by atoms with Gasteiger partial charge in [0.25, 0.3) is 10.0 Å². The SMILES string of the molecule is O=C1CC=CC2=C1c1cccc(F)c1S(=O)(=O)N=C2. The van der Waals surface area contributed by atoms with Gasteiger partial charge in [-0.25, -0.2) is 4.39 Å². The van der Waals surface area contributed by atoms with E-state index in [1.54, 1.807) is 12.2 Å². The maximum absolute atomic E-state index is 13.8. The molecule has 0 radical (unpaired) electrons. The quantitative estimate of drug-likeness (QED) is 0.727. The second kappa shape index (κ2) is 3.96. The summed E-state index contributed by atoms with van der Waals surface area (Å²) in [5.74, 6) is -1.14. The van der Waals surface area contributed by atoms with E-state index in [0.717, 1.165) is 12.3 Å². The van der Waals surface area contributed by atoms with Crippen LogP contribution >= 0.6 is 0 Å². The number of nitrogens with zero attached hydrogens (tertiary/aromatic N) is 1. The van der Waals surface area contributed by atoms with Gasteiger partial charge < -0.3 is 0 Å². The second-order valence-corrected chi connectivity index (χ2v) is 5.76. The Morgan fingerprint density at radius 3 is 2.84 bits per heavy atom. The molecule has 1 aromatic carbocycles. The fourth-order valence-corrected chi connectivity index (χ4v) is 3.32. The van der Waals surface area contributed by atoms with Crippen LogP contribution < -0.4 is 0 Å². The van der Waals surface area contributed by atoms with Gasteiger partial charge in [0.1, 0.15) is 10.7 Å². The first-order valence-electron chi connectivity index (χ1n) is 5.54. The Hall–Kier alpha value is -2.08. The minimum Gasteiger partial charge on any atom is -0.294 e. The van der Waals surface area contributed by atoms with Crippen molar-refractivity contribution >= 4 is 27.6 Å². The summed E-state index contributed by atoms with van der Waals surface area (Å²) in [6.45, 7) is 0. The number of hydrogen-bond donors (Lipinski definition) is 0. The summed E-state index contributed by atoms with van der Waals surface area (Å²) >= 11 is 0. The molecule has 1 heterocycles. The first-order valence-corrected chi connectivity index (χ1v) is 6.98. The summed E-state index contributed by atoms with van der Waals surface area (Å²) in [5, 5.41) is 0. The molecular formula is C13H8FNO3S. The Labute approximate surface area is 109 Å². The Morgan fingerprint density at radius 1 is 1.26 bits per heavy atom. The molecule has 1 aliphatic carbocycles. The van der Waals surface area contributed by atoms with Crippen LogP contribution in [0.4, 0.5) is 4.39 Å². The van der Waals surface area contributed by atoms with E-state index in [2.05, 4.69) is 4.40 Å². The fourth-order valence-electron chi connectivity index (χ4n) is 2.20. The molecule has 0 unspecified atom stereocenters. The lowest BCUT2D eigenvalue weighted by Crippen LogP contribution is -2.10. The molecule has 19 heavy (non-hydrogen) atoms. The molecule has 0 spiro atoms. The lowest BCUT2D eigenvalue weighted by atomic mass is 9.91. The van der Waals surface area contributed by atoms with E-state index >= 15 is 0 Å². The number of carbonyl (C=O) groups is 1. The van der Waals surface area contributed by atoms with Gasteiger partial charge >= 0.3 is 0 Å². The molecule has 3 rings (SSSR count).